The largest absolute Gasteiger partial charge is 0.386 e. The molecule has 4 fully saturated rings. The van der Waals surface area contributed by atoms with Crippen LogP contribution in [0.5, 0.6) is 0 Å². The molecule has 0 aromatic carbocycles. The van der Waals surface area contributed by atoms with Gasteiger partial charge in [0.15, 0.2) is 0 Å². The lowest BCUT2D eigenvalue weighted by molar-refractivity contribution is -0.156. The molecule has 4 aliphatic rings. The van der Waals surface area contributed by atoms with Crippen molar-refractivity contribution in [1.82, 2.24) is 9.78 Å². The molecule has 0 radical (unpaired) electrons. The molecule has 3 nitrogen and oxygen atoms in total. The van der Waals surface area contributed by atoms with Gasteiger partial charge in [-0.3, -0.25) is 4.68 Å². The molecule has 19 heavy (non-hydrogen) atoms. The van der Waals surface area contributed by atoms with Crippen molar-refractivity contribution in [2.75, 3.05) is 0 Å². The van der Waals surface area contributed by atoms with Crippen LogP contribution in [0.15, 0.2) is 12.3 Å². The van der Waals surface area contributed by atoms with Gasteiger partial charge in [-0.15, -0.1) is 0 Å². The van der Waals surface area contributed by atoms with Crippen LogP contribution in [-0.2, 0) is 7.05 Å². The quantitative estimate of drug-likeness (QED) is 0.887. The topological polar surface area (TPSA) is 38.0 Å². The predicted octanol–water partition coefficient (Wildman–Crippen LogP) is 3.06. The Bertz CT molecular complexity index is 493. The highest BCUT2D eigenvalue weighted by molar-refractivity contribution is 5.15. The van der Waals surface area contributed by atoms with E-state index in [1.165, 1.54) is 38.5 Å². The van der Waals surface area contributed by atoms with Gasteiger partial charge in [0.2, 0.25) is 0 Å². The van der Waals surface area contributed by atoms with Gasteiger partial charge in [-0.2, -0.15) is 5.10 Å². The number of rotatable bonds is 2. The summed E-state index contributed by atoms with van der Waals surface area (Å²) in [6.07, 6.45) is 9.41. The van der Waals surface area contributed by atoms with Crippen LogP contribution in [0.25, 0.3) is 0 Å². The Balaban J connectivity index is 1.70. The van der Waals surface area contributed by atoms with Crippen LogP contribution in [0.3, 0.4) is 0 Å². The third-order valence-electron chi connectivity index (χ3n) is 5.99. The highest BCUT2D eigenvalue weighted by Gasteiger charge is 2.58. The molecule has 104 valence electrons. The van der Waals surface area contributed by atoms with Gasteiger partial charge in [0.1, 0.15) is 6.10 Å². The molecule has 0 aliphatic heterocycles. The summed E-state index contributed by atoms with van der Waals surface area (Å²) in [7, 11) is 1.93. The van der Waals surface area contributed by atoms with Gasteiger partial charge in [-0.05, 0) is 61.8 Å². The number of aliphatic hydroxyl groups is 1. The molecular weight excluding hydrogens is 236 g/mol. The normalized spacial score (nSPS) is 45.6. The van der Waals surface area contributed by atoms with Crippen molar-refractivity contribution >= 4 is 0 Å². The van der Waals surface area contributed by atoms with Crippen molar-refractivity contribution in [3.8, 4) is 0 Å². The summed E-state index contributed by atoms with van der Waals surface area (Å²) in [6.45, 7) is 2.45. The van der Waals surface area contributed by atoms with Gasteiger partial charge in [-0.25, -0.2) is 0 Å². The molecule has 3 unspecified atom stereocenters. The summed E-state index contributed by atoms with van der Waals surface area (Å²) < 4.78 is 1.81. The van der Waals surface area contributed by atoms with Gasteiger partial charge >= 0.3 is 0 Å². The van der Waals surface area contributed by atoms with Crippen molar-refractivity contribution in [1.29, 1.82) is 0 Å². The van der Waals surface area contributed by atoms with E-state index in [1.54, 1.807) is 4.68 Å². The van der Waals surface area contributed by atoms with Crippen LogP contribution in [-0.4, -0.2) is 14.9 Å². The summed E-state index contributed by atoms with van der Waals surface area (Å²) in [5.41, 5.74) is 1.49. The molecule has 1 N–H and O–H groups in total. The zero-order chi connectivity index (χ0) is 13.3. The molecule has 0 amide bonds. The van der Waals surface area contributed by atoms with Crippen molar-refractivity contribution in [3.05, 3.63) is 18.0 Å². The molecule has 1 aromatic heterocycles. The Morgan fingerprint density at radius 2 is 2.00 bits per heavy atom. The van der Waals surface area contributed by atoms with E-state index >= 15 is 0 Å². The van der Waals surface area contributed by atoms with E-state index in [2.05, 4.69) is 12.0 Å². The maximum absolute atomic E-state index is 10.9. The van der Waals surface area contributed by atoms with Crippen molar-refractivity contribution < 1.29 is 5.11 Å². The van der Waals surface area contributed by atoms with Gasteiger partial charge < -0.3 is 5.11 Å². The third kappa shape index (κ3) is 1.70. The molecular formula is C16H24N2O. The van der Waals surface area contributed by atoms with Crippen LogP contribution < -0.4 is 0 Å². The molecule has 4 aliphatic carbocycles. The smallest absolute Gasteiger partial charge is 0.103 e. The van der Waals surface area contributed by atoms with Gasteiger partial charge in [-0.1, -0.05) is 6.92 Å². The molecule has 0 saturated heterocycles. The second-order valence-electron chi connectivity index (χ2n) is 7.95. The summed E-state index contributed by atoms with van der Waals surface area (Å²) in [5, 5.41) is 15.4. The molecule has 3 heteroatoms. The lowest BCUT2D eigenvalue weighted by Crippen LogP contribution is -2.53. The first-order valence-corrected chi connectivity index (χ1v) is 7.66. The first-order valence-electron chi connectivity index (χ1n) is 7.66. The number of aryl methyl sites for hydroxylation is 1. The van der Waals surface area contributed by atoms with E-state index < -0.39 is 0 Å². The highest BCUT2D eigenvalue weighted by atomic mass is 16.3. The molecule has 1 heterocycles. The summed E-state index contributed by atoms with van der Waals surface area (Å²) in [5.74, 6) is 1.70. The van der Waals surface area contributed by atoms with E-state index in [-0.39, 0.29) is 11.5 Å². The number of hydrogen-bond donors (Lipinski definition) is 1. The van der Waals surface area contributed by atoms with Crippen LogP contribution in [0.2, 0.25) is 0 Å². The summed E-state index contributed by atoms with van der Waals surface area (Å²) in [6, 6.07) is 1.99. The van der Waals surface area contributed by atoms with Gasteiger partial charge in [0.25, 0.3) is 0 Å². The lowest BCUT2D eigenvalue weighted by atomic mass is 9.43. The minimum atomic E-state index is -0.362. The van der Waals surface area contributed by atoms with Gasteiger partial charge in [0.05, 0.1) is 5.69 Å². The molecule has 4 bridgehead atoms. The van der Waals surface area contributed by atoms with E-state index in [0.717, 1.165) is 17.5 Å². The minimum Gasteiger partial charge on any atom is -0.386 e. The first-order chi connectivity index (χ1) is 8.98. The molecule has 1 aromatic rings. The van der Waals surface area contributed by atoms with Crippen molar-refractivity contribution in [3.63, 3.8) is 0 Å². The number of hydrogen-bond acceptors (Lipinski definition) is 2. The highest BCUT2D eigenvalue weighted by Crippen LogP contribution is 2.68. The SMILES string of the molecule is Cn1ccc(C(O)C23CC4CC(CC(C)(C4)C2)C3)n1. The Labute approximate surface area is 115 Å². The number of aliphatic hydroxyl groups excluding tert-OH is 1. The monoisotopic (exact) mass is 260 g/mol. The fourth-order valence-corrected chi connectivity index (χ4v) is 6.01. The second-order valence-corrected chi connectivity index (χ2v) is 7.95. The minimum absolute atomic E-state index is 0.118. The van der Waals surface area contributed by atoms with E-state index in [4.69, 9.17) is 0 Å². The number of nitrogens with zero attached hydrogens (tertiary/aromatic N) is 2. The van der Waals surface area contributed by atoms with Crippen LogP contribution in [0.4, 0.5) is 0 Å². The fourth-order valence-electron chi connectivity index (χ4n) is 6.01. The zero-order valence-electron chi connectivity index (χ0n) is 12.0. The van der Waals surface area contributed by atoms with E-state index in [1.807, 2.05) is 19.3 Å². The van der Waals surface area contributed by atoms with E-state index in [9.17, 15) is 5.11 Å². The van der Waals surface area contributed by atoms with Crippen LogP contribution in [0, 0.1) is 22.7 Å². The zero-order valence-corrected chi connectivity index (χ0v) is 12.0. The Hall–Kier alpha value is -0.830. The second kappa shape index (κ2) is 3.63. The average molecular weight is 260 g/mol. The summed E-state index contributed by atoms with van der Waals surface area (Å²) >= 11 is 0. The third-order valence-corrected chi connectivity index (χ3v) is 5.99. The maximum Gasteiger partial charge on any atom is 0.103 e. The molecule has 0 spiro atoms. The standard InChI is InChI=1S/C16H24N2O/c1-15-6-11-5-12(7-15)9-16(8-11,10-15)14(19)13-3-4-18(2)17-13/h3-4,11-12,14,19H,5-10H2,1-2H3. The lowest BCUT2D eigenvalue weighted by Gasteiger charge is -2.62. The molecule has 3 atom stereocenters. The predicted molar refractivity (Wildman–Crippen MR) is 73.4 cm³/mol. The van der Waals surface area contributed by atoms with Crippen LogP contribution >= 0.6 is 0 Å². The Kier molecular flexibility index (Phi) is 2.28. The van der Waals surface area contributed by atoms with E-state index in [0.29, 0.717) is 5.41 Å². The van der Waals surface area contributed by atoms with Gasteiger partial charge in [0, 0.05) is 18.7 Å². The fraction of sp³-hybridized carbons (Fsp3) is 0.812. The molecule has 4 saturated carbocycles. The summed E-state index contributed by atoms with van der Waals surface area (Å²) in [4.78, 5) is 0. The first kappa shape index (κ1) is 12.0. The average Bonchev–Trinajstić information content (AvgIpc) is 2.71. The van der Waals surface area contributed by atoms with Crippen molar-refractivity contribution in [2.45, 2.75) is 51.6 Å². The Morgan fingerprint density at radius 3 is 2.53 bits per heavy atom. The maximum atomic E-state index is 10.9. The van der Waals surface area contributed by atoms with Crippen molar-refractivity contribution in [2.24, 2.45) is 29.7 Å². The molecule has 5 rings (SSSR count). The number of aromatic nitrogens is 2. The van der Waals surface area contributed by atoms with Crippen LogP contribution in [0.1, 0.15) is 57.2 Å². The Morgan fingerprint density at radius 1 is 1.32 bits per heavy atom.